The molecule has 0 aliphatic carbocycles. The van der Waals surface area contributed by atoms with E-state index in [1.165, 1.54) is 21.3 Å². The lowest BCUT2D eigenvalue weighted by molar-refractivity contribution is -0.282. The summed E-state index contributed by atoms with van der Waals surface area (Å²) in [5, 5.41) is 6.47. The first kappa shape index (κ1) is 34.4. The van der Waals surface area contributed by atoms with Crippen LogP contribution in [0.2, 0.25) is 0 Å². The lowest BCUT2D eigenvalue weighted by Crippen LogP contribution is -2.42. The Morgan fingerprint density at radius 1 is 0.605 bits per heavy atom. The maximum atomic E-state index is 13.0. The maximum absolute atomic E-state index is 13.0. The fourth-order valence-corrected chi connectivity index (χ4v) is 5.92. The van der Waals surface area contributed by atoms with E-state index < -0.39 is 71.7 Å². The first-order valence-corrected chi connectivity index (χ1v) is 14.3. The largest absolute Gasteiger partial charge is 0.469 e. The van der Waals surface area contributed by atoms with Gasteiger partial charge in [0.15, 0.2) is 0 Å². The molecule has 2 heterocycles. The third-order valence-electron chi connectivity index (χ3n) is 7.74. The molecule has 2 N–H and O–H groups in total. The van der Waals surface area contributed by atoms with Crippen LogP contribution in [0.5, 0.6) is 0 Å². The van der Waals surface area contributed by atoms with Gasteiger partial charge >= 0.3 is 23.9 Å². The highest BCUT2D eigenvalue weighted by Gasteiger charge is 2.53. The van der Waals surface area contributed by atoms with Crippen molar-refractivity contribution in [2.45, 2.75) is 44.9 Å². The summed E-state index contributed by atoms with van der Waals surface area (Å²) < 4.78 is 20.9. The van der Waals surface area contributed by atoms with Crippen molar-refractivity contribution in [1.82, 2.24) is 10.6 Å². The number of esters is 4. The Hall–Kier alpha value is -3.14. The van der Waals surface area contributed by atoms with E-state index in [9.17, 15) is 19.2 Å². The van der Waals surface area contributed by atoms with Gasteiger partial charge in [-0.1, -0.05) is 24.3 Å². The summed E-state index contributed by atoms with van der Waals surface area (Å²) in [7, 11) is 3.98. The molecule has 2 aliphatic heterocycles. The molecule has 0 amide bonds. The Balaban J connectivity index is 1.97. The van der Waals surface area contributed by atoms with Gasteiger partial charge in [-0.2, -0.15) is 0 Å². The molecular weight excluding hydrogens is 568 g/mol. The van der Waals surface area contributed by atoms with Gasteiger partial charge in [-0.15, -0.1) is 0 Å². The zero-order valence-corrected chi connectivity index (χ0v) is 25.4. The summed E-state index contributed by atoms with van der Waals surface area (Å²) in [5.41, 5.74) is 1.43. The van der Waals surface area contributed by atoms with Crippen molar-refractivity contribution < 1.29 is 57.7 Å². The number of carbonyl (C=O) groups is 4. The van der Waals surface area contributed by atoms with Crippen molar-refractivity contribution >= 4 is 23.9 Å². The molecule has 43 heavy (non-hydrogen) atoms. The standard InChI is InChI=1S/C29H42N2O12/c1-7-39-27(33)21-18(14-42-37-5)22(30-25(21)29(35)41-9-3)16-10-12-17(13-11-16)23-20(26(32)36-4)19(15-43-38-6)24(31-23)28(34)40-8-2/h10-13,18-25,30-31H,7-9,14-15H2,1-6H3. The van der Waals surface area contributed by atoms with Crippen molar-refractivity contribution in [3.05, 3.63) is 35.4 Å². The lowest BCUT2D eigenvalue weighted by atomic mass is 9.83. The molecule has 8 unspecified atom stereocenters. The number of hydrogen-bond donors (Lipinski definition) is 2. The van der Waals surface area contributed by atoms with Crippen LogP contribution in [0, 0.1) is 23.7 Å². The summed E-state index contributed by atoms with van der Waals surface area (Å²) in [5.74, 6) is -5.06. The second kappa shape index (κ2) is 16.6. The van der Waals surface area contributed by atoms with E-state index >= 15 is 0 Å². The number of carbonyl (C=O) groups excluding carboxylic acids is 4. The van der Waals surface area contributed by atoms with Crippen LogP contribution in [0.3, 0.4) is 0 Å². The van der Waals surface area contributed by atoms with Crippen LogP contribution in [-0.2, 0) is 57.7 Å². The van der Waals surface area contributed by atoms with E-state index in [1.54, 1.807) is 32.9 Å². The van der Waals surface area contributed by atoms with E-state index in [2.05, 4.69) is 10.6 Å². The van der Waals surface area contributed by atoms with Crippen LogP contribution in [0.15, 0.2) is 24.3 Å². The monoisotopic (exact) mass is 610 g/mol. The Bertz CT molecular complexity index is 1080. The first-order valence-electron chi connectivity index (χ1n) is 14.3. The van der Waals surface area contributed by atoms with Gasteiger partial charge in [0.2, 0.25) is 0 Å². The summed E-state index contributed by atoms with van der Waals surface area (Å²) in [6.45, 7) is 5.46. The molecule has 2 aliphatic rings. The summed E-state index contributed by atoms with van der Waals surface area (Å²) >= 11 is 0. The molecular formula is C29H42N2O12. The predicted octanol–water partition coefficient (Wildman–Crippen LogP) is 1.20. The normalized spacial score (nSPS) is 28.3. The number of ether oxygens (including phenoxy) is 4. The van der Waals surface area contributed by atoms with Crippen molar-refractivity contribution in [2.24, 2.45) is 23.7 Å². The van der Waals surface area contributed by atoms with Crippen molar-refractivity contribution in [1.29, 1.82) is 0 Å². The van der Waals surface area contributed by atoms with E-state index in [-0.39, 0.29) is 33.0 Å². The Kier molecular flexibility index (Phi) is 13.3. The minimum atomic E-state index is -0.971. The van der Waals surface area contributed by atoms with E-state index in [0.717, 1.165) is 5.56 Å². The quantitative estimate of drug-likeness (QED) is 0.126. The highest BCUT2D eigenvalue weighted by atomic mass is 17.2. The van der Waals surface area contributed by atoms with Crippen molar-refractivity contribution in [3.63, 3.8) is 0 Å². The van der Waals surface area contributed by atoms with Gasteiger partial charge in [0.05, 0.1) is 66.2 Å². The number of nitrogens with one attached hydrogen (secondary N) is 2. The van der Waals surface area contributed by atoms with Crippen molar-refractivity contribution in [2.75, 3.05) is 54.4 Å². The van der Waals surface area contributed by atoms with Crippen LogP contribution in [-0.4, -0.2) is 90.3 Å². The molecule has 2 saturated heterocycles. The predicted molar refractivity (Wildman–Crippen MR) is 148 cm³/mol. The molecule has 0 spiro atoms. The molecule has 0 saturated carbocycles. The topological polar surface area (TPSA) is 166 Å². The molecule has 14 nitrogen and oxygen atoms in total. The fourth-order valence-electron chi connectivity index (χ4n) is 5.92. The third kappa shape index (κ3) is 7.88. The zero-order chi connectivity index (χ0) is 31.5. The molecule has 3 rings (SSSR count). The average Bonchev–Trinajstić information content (AvgIpc) is 3.58. The van der Waals surface area contributed by atoms with Gasteiger partial charge in [-0.25, -0.2) is 19.6 Å². The zero-order valence-electron chi connectivity index (χ0n) is 25.4. The Morgan fingerprint density at radius 3 is 1.58 bits per heavy atom. The number of benzene rings is 1. The van der Waals surface area contributed by atoms with Crippen LogP contribution in [0.4, 0.5) is 0 Å². The Morgan fingerprint density at radius 2 is 1.07 bits per heavy atom. The smallest absolute Gasteiger partial charge is 0.324 e. The van der Waals surface area contributed by atoms with Gasteiger partial charge in [0, 0.05) is 23.9 Å². The van der Waals surface area contributed by atoms with Gasteiger partial charge in [0.1, 0.15) is 12.1 Å². The van der Waals surface area contributed by atoms with Crippen LogP contribution in [0.25, 0.3) is 0 Å². The highest BCUT2D eigenvalue weighted by Crippen LogP contribution is 2.42. The van der Waals surface area contributed by atoms with Gasteiger partial charge < -0.3 is 18.9 Å². The van der Waals surface area contributed by atoms with Crippen molar-refractivity contribution in [3.8, 4) is 0 Å². The first-order chi connectivity index (χ1) is 20.8. The molecule has 240 valence electrons. The molecule has 1 aromatic carbocycles. The van der Waals surface area contributed by atoms with Crippen LogP contribution < -0.4 is 10.6 Å². The molecule has 0 radical (unpaired) electrons. The van der Waals surface area contributed by atoms with E-state index in [0.29, 0.717) is 5.56 Å². The summed E-state index contributed by atoms with van der Waals surface area (Å²) in [6, 6.07) is 4.28. The molecule has 8 atom stereocenters. The van der Waals surface area contributed by atoms with E-state index in [1.807, 2.05) is 12.1 Å². The fraction of sp³-hybridized carbons (Fsp3) is 0.655. The maximum Gasteiger partial charge on any atom is 0.324 e. The second-order valence-electron chi connectivity index (χ2n) is 9.97. The molecule has 2 fully saturated rings. The van der Waals surface area contributed by atoms with Crippen LogP contribution in [0.1, 0.15) is 44.0 Å². The minimum absolute atomic E-state index is 0.00764. The lowest BCUT2D eigenvalue weighted by Gasteiger charge is -2.24. The minimum Gasteiger partial charge on any atom is -0.469 e. The summed E-state index contributed by atoms with van der Waals surface area (Å²) in [6.07, 6.45) is 0. The molecule has 14 heteroatoms. The Labute approximate surface area is 250 Å². The number of rotatable bonds is 15. The van der Waals surface area contributed by atoms with Gasteiger partial charge in [0.25, 0.3) is 0 Å². The summed E-state index contributed by atoms with van der Waals surface area (Å²) in [4.78, 5) is 71.7. The third-order valence-corrected chi connectivity index (χ3v) is 7.74. The molecule has 1 aromatic rings. The average molecular weight is 611 g/mol. The molecule has 0 bridgehead atoms. The van der Waals surface area contributed by atoms with Gasteiger partial charge in [-0.05, 0) is 31.9 Å². The van der Waals surface area contributed by atoms with Gasteiger partial charge in [-0.3, -0.25) is 29.8 Å². The van der Waals surface area contributed by atoms with E-state index in [4.69, 9.17) is 38.5 Å². The number of hydrogen-bond acceptors (Lipinski definition) is 14. The number of methoxy groups -OCH3 is 1. The second-order valence-corrected chi connectivity index (χ2v) is 9.97. The SMILES string of the molecule is CCOC(=O)C1NC(c2ccc(C3NC(C(=O)OCC)C(C(=O)OCC)C3COOC)cc2)C(C(=O)OC)C1COOC. The van der Waals surface area contributed by atoms with Crippen LogP contribution >= 0.6 is 0 Å². The molecule has 0 aromatic heterocycles. The highest BCUT2D eigenvalue weighted by molar-refractivity contribution is 5.86.